The zero-order valence-corrected chi connectivity index (χ0v) is 18.2. The van der Waals surface area contributed by atoms with Gasteiger partial charge < -0.3 is 4.74 Å². The van der Waals surface area contributed by atoms with E-state index in [9.17, 15) is 5.26 Å². The van der Waals surface area contributed by atoms with Crippen molar-refractivity contribution in [2.75, 3.05) is 6.61 Å². The Morgan fingerprint density at radius 2 is 1.73 bits per heavy atom. The standard InChI is InChI=1S/C22H15I2NO/c1-2-9-26-22-20(23)11-15(12-21(22)24)10-19(14-25)18-8-7-16-5-3-4-6-17(16)13-18/h2-8,10-13H,1,9H2/b19-10-. The number of hydrogen-bond donors (Lipinski definition) is 0. The highest BCUT2D eigenvalue weighted by molar-refractivity contribution is 14.1. The van der Waals surface area contributed by atoms with Crippen molar-refractivity contribution in [2.24, 2.45) is 0 Å². The van der Waals surface area contributed by atoms with Crippen LogP contribution in [-0.4, -0.2) is 6.61 Å². The fourth-order valence-corrected chi connectivity index (χ4v) is 4.77. The van der Waals surface area contributed by atoms with Crippen molar-refractivity contribution in [1.29, 1.82) is 5.26 Å². The summed E-state index contributed by atoms with van der Waals surface area (Å²) in [5.74, 6) is 0.854. The topological polar surface area (TPSA) is 33.0 Å². The molecule has 4 heteroatoms. The first-order valence-corrected chi connectivity index (χ1v) is 10.1. The van der Waals surface area contributed by atoms with Crippen LogP contribution in [0.25, 0.3) is 22.4 Å². The van der Waals surface area contributed by atoms with Gasteiger partial charge >= 0.3 is 0 Å². The second kappa shape index (κ2) is 8.69. The quantitative estimate of drug-likeness (QED) is 0.150. The van der Waals surface area contributed by atoms with Crippen LogP contribution < -0.4 is 4.74 Å². The molecule has 0 atom stereocenters. The van der Waals surface area contributed by atoms with E-state index in [1.54, 1.807) is 6.08 Å². The molecular weight excluding hydrogens is 548 g/mol. The lowest BCUT2D eigenvalue weighted by Crippen LogP contribution is -1.98. The lowest BCUT2D eigenvalue weighted by Gasteiger charge is -2.10. The monoisotopic (exact) mass is 563 g/mol. The molecule has 0 spiro atoms. The highest BCUT2D eigenvalue weighted by Gasteiger charge is 2.09. The van der Waals surface area contributed by atoms with E-state index in [-0.39, 0.29) is 0 Å². The van der Waals surface area contributed by atoms with Crippen LogP contribution in [0.15, 0.2) is 67.3 Å². The van der Waals surface area contributed by atoms with Crippen molar-refractivity contribution in [3.05, 3.63) is 85.5 Å². The van der Waals surface area contributed by atoms with E-state index >= 15 is 0 Å². The Labute approximate surface area is 180 Å². The van der Waals surface area contributed by atoms with E-state index in [1.807, 2.05) is 36.4 Å². The van der Waals surface area contributed by atoms with Crippen LogP contribution in [0.2, 0.25) is 0 Å². The molecule has 0 saturated carbocycles. The highest BCUT2D eigenvalue weighted by Crippen LogP contribution is 2.31. The lowest BCUT2D eigenvalue weighted by atomic mass is 10.0. The predicted molar refractivity (Wildman–Crippen MR) is 125 cm³/mol. The Bertz CT molecular complexity index is 1020. The molecule has 3 rings (SSSR count). The van der Waals surface area contributed by atoms with Gasteiger partial charge in [0, 0.05) is 0 Å². The van der Waals surface area contributed by atoms with Gasteiger partial charge in [-0.1, -0.05) is 49.1 Å². The first-order chi connectivity index (χ1) is 12.6. The largest absolute Gasteiger partial charge is 0.487 e. The smallest absolute Gasteiger partial charge is 0.146 e. The molecule has 0 saturated heterocycles. The molecule has 0 fully saturated rings. The summed E-state index contributed by atoms with van der Waals surface area (Å²) in [6.07, 6.45) is 3.65. The molecule has 0 bridgehead atoms. The van der Waals surface area contributed by atoms with Crippen LogP contribution in [0.1, 0.15) is 11.1 Å². The zero-order valence-electron chi connectivity index (χ0n) is 13.9. The number of allylic oxidation sites excluding steroid dienone is 1. The highest BCUT2D eigenvalue weighted by atomic mass is 127. The van der Waals surface area contributed by atoms with Crippen LogP contribution in [-0.2, 0) is 0 Å². The summed E-state index contributed by atoms with van der Waals surface area (Å²) in [5, 5.41) is 12.0. The van der Waals surface area contributed by atoms with E-state index in [0.717, 1.165) is 29.4 Å². The number of rotatable bonds is 5. The van der Waals surface area contributed by atoms with Gasteiger partial charge in [0.15, 0.2) is 0 Å². The van der Waals surface area contributed by atoms with Crippen molar-refractivity contribution in [2.45, 2.75) is 0 Å². The van der Waals surface area contributed by atoms with E-state index in [4.69, 9.17) is 4.74 Å². The van der Waals surface area contributed by atoms with Crippen molar-refractivity contribution in [1.82, 2.24) is 0 Å². The first kappa shape index (κ1) is 18.9. The van der Waals surface area contributed by atoms with Gasteiger partial charge in [-0.2, -0.15) is 5.26 Å². The van der Waals surface area contributed by atoms with E-state index in [1.165, 1.54) is 5.39 Å². The number of nitriles is 1. The third-order valence-electron chi connectivity index (χ3n) is 3.86. The van der Waals surface area contributed by atoms with E-state index in [2.05, 4.69) is 82.1 Å². The molecule has 3 aromatic rings. The second-order valence-corrected chi connectivity index (χ2v) is 7.97. The molecule has 0 radical (unpaired) electrons. The maximum atomic E-state index is 9.66. The van der Waals surface area contributed by atoms with Crippen molar-refractivity contribution in [3.8, 4) is 11.8 Å². The summed E-state index contributed by atoms with van der Waals surface area (Å²) in [6, 6.07) is 20.6. The molecule has 0 aromatic heterocycles. The third-order valence-corrected chi connectivity index (χ3v) is 5.46. The molecule has 3 aromatic carbocycles. The molecule has 26 heavy (non-hydrogen) atoms. The molecule has 2 nitrogen and oxygen atoms in total. The summed E-state index contributed by atoms with van der Waals surface area (Å²) >= 11 is 4.52. The van der Waals surface area contributed by atoms with Gasteiger partial charge in [0.25, 0.3) is 0 Å². The Morgan fingerprint density at radius 3 is 2.38 bits per heavy atom. The molecule has 0 aliphatic heterocycles. The predicted octanol–water partition coefficient (Wildman–Crippen LogP) is 6.68. The first-order valence-electron chi connectivity index (χ1n) is 7.96. The zero-order chi connectivity index (χ0) is 18.5. The average Bonchev–Trinajstić information content (AvgIpc) is 2.65. The number of fused-ring (bicyclic) bond motifs is 1. The number of halogens is 2. The molecule has 0 amide bonds. The normalized spacial score (nSPS) is 11.2. The molecule has 0 unspecified atom stereocenters. The molecular formula is C22H15I2NO. The molecule has 0 N–H and O–H groups in total. The van der Waals surface area contributed by atoms with Gasteiger partial charge in [-0.15, -0.1) is 0 Å². The van der Waals surface area contributed by atoms with Crippen molar-refractivity contribution >= 4 is 67.6 Å². The van der Waals surface area contributed by atoms with Gasteiger partial charge in [0.2, 0.25) is 0 Å². The Balaban J connectivity index is 2.00. The summed E-state index contributed by atoms with van der Waals surface area (Å²) in [5.41, 5.74) is 2.54. The van der Waals surface area contributed by atoms with Crippen molar-refractivity contribution < 1.29 is 4.74 Å². The maximum absolute atomic E-state index is 9.66. The van der Waals surface area contributed by atoms with Crippen molar-refractivity contribution in [3.63, 3.8) is 0 Å². The van der Waals surface area contributed by atoms with Gasteiger partial charge in [0.05, 0.1) is 18.8 Å². The number of ether oxygens (including phenoxy) is 1. The SMILES string of the molecule is C=CCOc1c(I)cc(/C=C(/C#N)c2ccc3ccccc3c2)cc1I. The number of hydrogen-bond acceptors (Lipinski definition) is 2. The Kier molecular flexibility index (Phi) is 6.33. The maximum Gasteiger partial charge on any atom is 0.146 e. The minimum atomic E-state index is 0.474. The minimum absolute atomic E-state index is 0.474. The van der Waals surface area contributed by atoms with Crippen LogP contribution in [0.3, 0.4) is 0 Å². The molecule has 0 heterocycles. The van der Waals surface area contributed by atoms with Crippen LogP contribution in [0.4, 0.5) is 0 Å². The van der Waals surface area contributed by atoms with Gasteiger partial charge in [-0.05, 0) is 91.4 Å². The second-order valence-electron chi connectivity index (χ2n) is 5.65. The minimum Gasteiger partial charge on any atom is -0.487 e. The molecule has 0 aliphatic carbocycles. The Hall–Kier alpha value is -1.85. The lowest BCUT2D eigenvalue weighted by molar-refractivity contribution is 0.358. The third kappa shape index (κ3) is 4.27. The average molecular weight is 563 g/mol. The fraction of sp³-hybridized carbons (Fsp3) is 0.0455. The van der Waals surface area contributed by atoms with E-state index < -0.39 is 0 Å². The summed E-state index contributed by atoms with van der Waals surface area (Å²) in [4.78, 5) is 0. The number of benzene rings is 3. The number of nitrogens with zero attached hydrogens (tertiary/aromatic N) is 1. The molecule has 128 valence electrons. The van der Waals surface area contributed by atoms with Crippen LogP contribution >= 0.6 is 45.2 Å². The van der Waals surface area contributed by atoms with Gasteiger partial charge in [-0.25, -0.2) is 0 Å². The Morgan fingerprint density at radius 1 is 1.04 bits per heavy atom. The summed E-state index contributed by atoms with van der Waals surface area (Å²) in [6.45, 7) is 4.16. The fourth-order valence-electron chi connectivity index (χ4n) is 2.65. The van der Waals surface area contributed by atoms with Gasteiger partial charge in [-0.3, -0.25) is 0 Å². The van der Waals surface area contributed by atoms with E-state index in [0.29, 0.717) is 12.2 Å². The van der Waals surface area contributed by atoms with Gasteiger partial charge in [0.1, 0.15) is 12.4 Å². The molecule has 0 aliphatic rings. The van der Waals surface area contributed by atoms with Crippen LogP contribution in [0, 0.1) is 18.5 Å². The van der Waals surface area contributed by atoms with Crippen LogP contribution in [0.5, 0.6) is 5.75 Å². The summed E-state index contributed by atoms with van der Waals surface area (Å²) < 4.78 is 7.74. The summed E-state index contributed by atoms with van der Waals surface area (Å²) in [7, 11) is 0.